The van der Waals surface area contributed by atoms with Crippen LogP contribution in [0.1, 0.15) is 0 Å². The molecule has 0 N–H and O–H groups in total. The number of halogens is 2. The van der Waals surface area contributed by atoms with Crippen LogP contribution in [-0.2, 0) is 0 Å². The molecule has 0 radical (unpaired) electrons. The van der Waals surface area contributed by atoms with Crippen molar-refractivity contribution in [3.63, 3.8) is 0 Å². The average molecular weight is 1170 g/mol. The van der Waals surface area contributed by atoms with Crippen LogP contribution in [0, 0.1) is 0 Å². The Labute approximate surface area is 525 Å². The van der Waals surface area contributed by atoms with Gasteiger partial charge < -0.3 is 9.80 Å². The maximum absolute atomic E-state index is 7.24. The molecule has 0 atom stereocenters. The molecule has 4 heteroatoms. The summed E-state index contributed by atoms with van der Waals surface area (Å²) in [7, 11) is 0. The number of nitrogens with zero attached hydrogens (tertiary/aromatic N) is 2. The Kier molecular flexibility index (Phi) is 15.7. The first-order valence-electron chi connectivity index (χ1n) is 29.7. The Morgan fingerprint density at radius 1 is 0.159 bits per heavy atom. The minimum atomic E-state index is 0.618. The van der Waals surface area contributed by atoms with E-state index >= 15 is 0 Å². The average Bonchev–Trinajstić information content (AvgIpc) is 0.873. The van der Waals surface area contributed by atoms with Gasteiger partial charge in [-0.15, -0.1) is 0 Å². The first kappa shape index (κ1) is 55.2. The molecule has 2 nitrogen and oxygen atoms in total. The third-order valence-corrected chi connectivity index (χ3v) is 16.8. The third kappa shape index (κ3) is 11.6. The molecule has 14 aromatic carbocycles. The maximum Gasteiger partial charge on any atom is 0.0618 e. The third-order valence-electron chi connectivity index (χ3n) is 16.3. The monoisotopic (exact) mass is 1160 g/mol. The van der Waals surface area contributed by atoms with E-state index in [1.54, 1.807) is 0 Å². The molecular formula is C84H58Cl2N2. The lowest BCUT2D eigenvalue weighted by Crippen LogP contribution is -2.16. The van der Waals surface area contributed by atoms with Crippen molar-refractivity contribution in [1.29, 1.82) is 0 Å². The zero-order chi connectivity index (χ0) is 59.2. The van der Waals surface area contributed by atoms with Gasteiger partial charge in [-0.05, 0) is 157 Å². The van der Waals surface area contributed by atoms with Crippen LogP contribution in [0.25, 0.3) is 100 Å². The van der Waals surface area contributed by atoms with Crippen LogP contribution in [0.4, 0.5) is 34.1 Å². The van der Waals surface area contributed by atoms with E-state index in [2.05, 4.69) is 350 Å². The molecule has 0 bridgehead atoms. The van der Waals surface area contributed by atoms with Crippen LogP contribution < -0.4 is 9.80 Å². The number of rotatable bonds is 15. The van der Waals surface area contributed by atoms with E-state index in [-0.39, 0.29) is 0 Å². The number of hydrogen-bond donors (Lipinski definition) is 0. The Morgan fingerprint density at radius 3 is 0.682 bits per heavy atom. The van der Waals surface area contributed by atoms with Crippen LogP contribution in [0.15, 0.2) is 352 Å². The normalized spacial score (nSPS) is 11.1. The SMILES string of the molecule is Clc1cccc(N(c2cc(-c3ccccc3)cc(N(c3cccc(Cl)c3)c3c(-c4cccc(-c5ccccc5)c4)cccc3-c3cccc(-c4ccccc4)c3)c2)c2c(-c3cccc(-c4ccccc4)c3)cccc2-c2cccc(-c3ccccc3)c2)c1. The van der Waals surface area contributed by atoms with Gasteiger partial charge in [-0.3, -0.25) is 0 Å². The van der Waals surface area contributed by atoms with Crippen molar-refractivity contribution < 1.29 is 0 Å². The molecule has 0 saturated heterocycles. The second-order valence-electron chi connectivity index (χ2n) is 21.9. The number of para-hydroxylation sites is 2. The fraction of sp³-hybridized carbons (Fsp3) is 0. The number of anilines is 6. The van der Waals surface area contributed by atoms with Gasteiger partial charge in [0, 0.05) is 55.0 Å². The Balaban J connectivity index is 1.08. The van der Waals surface area contributed by atoms with Gasteiger partial charge in [0.25, 0.3) is 0 Å². The van der Waals surface area contributed by atoms with Crippen molar-refractivity contribution >= 4 is 57.3 Å². The number of hydrogen-bond acceptors (Lipinski definition) is 2. The Bertz CT molecular complexity index is 4270. The lowest BCUT2D eigenvalue weighted by molar-refractivity contribution is 1.25. The van der Waals surface area contributed by atoms with E-state index in [1.807, 2.05) is 12.1 Å². The summed E-state index contributed by atoms with van der Waals surface area (Å²) in [4.78, 5) is 4.85. The summed E-state index contributed by atoms with van der Waals surface area (Å²) in [6.45, 7) is 0. The zero-order valence-electron chi connectivity index (χ0n) is 48.1. The molecule has 0 fully saturated rings. The maximum atomic E-state index is 7.24. The summed E-state index contributed by atoms with van der Waals surface area (Å²) < 4.78 is 0. The van der Waals surface area contributed by atoms with E-state index in [0.29, 0.717) is 10.0 Å². The van der Waals surface area contributed by atoms with Gasteiger partial charge >= 0.3 is 0 Å². The highest BCUT2D eigenvalue weighted by Crippen LogP contribution is 2.53. The van der Waals surface area contributed by atoms with Gasteiger partial charge in [-0.2, -0.15) is 0 Å². The first-order valence-corrected chi connectivity index (χ1v) is 30.4. The van der Waals surface area contributed by atoms with E-state index in [9.17, 15) is 0 Å². The van der Waals surface area contributed by atoms with Crippen LogP contribution in [-0.4, -0.2) is 0 Å². The zero-order valence-corrected chi connectivity index (χ0v) is 49.6. The summed E-state index contributed by atoms with van der Waals surface area (Å²) in [6.07, 6.45) is 0. The van der Waals surface area contributed by atoms with Crippen molar-refractivity contribution in [2.24, 2.45) is 0 Å². The van der Waals surface area contributed by atoms with Crippen LogP contribution in [0.5, 0.6) is 0 Å². The van der Waals surface area contributed by atoms with Gasteiger partial charge in [0.2, 0.25) is 0 Å². The Hall–Kier alpha value is -10.7. The van der Waals surface area contributed by atoms with Gasteiger partial charge in [0.15, 0.2) is 0 Å². The molecular weight excluding hydrogens is 1110 g/mol. The highest BCUT2D eigenvalue weighted by Gasteiger charge is 2.28. The predicted octanol–water partition coefficient (Wildman–Crippen LogP) is 24.9. The van der Waals surface area contributed by atoms with Crippen LogP contribution >= 0.6 is 23.2 Å². The molecule has 0 spiro atoms. The van der Waals surface area contributed by atoms with Crippen molar-refractivity contribution in [2.75, 3.05) is 9.80 Å². The van der Waals surface area contributed by atoms with Crippen LogP contribution in [0.3, 0.4) is 0 Å². The van der Waals surface area contributed by atoms with Gasteiger partial charge in [0.05, 0.1) is 11.4 Å². The molecule has 0 aliphatic carbocycles. The van der Waals surface area contributed by atoms with Crippen molar-refractivity contribution in [3.05, 3.63) is 362 Å². The van der Waals surface area contributed by atoms with Crippen LogP contribution in [0.2, 0.25) is 10.0 Å². The fourth-order valence-electron chi connectivity index (χ4n) is 12.2. The van der Waals surface area contributed by atoms with Gasteiger partial charge in [-0.25, -0.2) is 0 Å². The topological polar surface area (TPSA) is 6.48 Å². The highest BCUT2D eigenvalue weighted by atomic mass is 35.5. The molecule has 88 heavy (non-hydrogen) atoms. The number of benzene rings is 14. The van der Waals surface area contributed by atoms with Crippen molar-refractivity contribution in [2.45, 2.75) is 0 Å². The standard InChI is InChI=1S/C84H58Cl2N2/c85-73-42-20-44-75(56-73)87(83-79(68-38-16-34-64(50-68)59-24-6-1-7-25-59)46-22-47-80(83)69-39-17-35-65(51-69)60-26-8-2-9-27-60)77-54-72(63-32-14-5-15-33-63)55-78(58-77)88(76-45-21-43-74(86)57-76)84-81(70-40-18-36-66(52-70)61-28-10-3-11-29-61)48-23-49-82(84)71-41-19-37-67(53-71)62-30-12-4-13-31-62/h1-58H. The quantitative estimate of drug-likeness (QED) is 0.101. The largest absolute Gasteiger partial charge is 0.309 e. The summed E-state index contributed by atoms with van der Waals surface area (Å²) in [5, 5.41) is 1.24. The van der Waals surface area contributed by atoms with E-state index in [4.69, 9.17) is 23.2 Å². The van der Waals surface area contributed by atoms with Crippen molar-refractivity contribution in [1.82, 2.24) is 0 Å². The van der Waals surface area contributed by atoms with Gasteiger partial charge in [0.1, 0.15) is 0 Å². The predicted molar refractivity (Wildman–Crippen MR) is 375 cm³/mol. The molecule has 418 valence electrons. The van der Waals surface area contributed by atoms with E-state index < -0.39 is 0 Å². The molecule has 0 unspecified atom stereocenters. The van der Waals surface area contributed by atoms with E-state index in [1.165, 1.54) is 0 Å². The minimum Gasteiger partial charge on any atom is -0.309 e. The second kappa shape index (κ2) is 25.1. The van der Waals surface area contributed by atoms with Gasteiger partial charge in [-0.1, -0.05) is 296 Å². The summed E-state index contributed by atoms with van der Waals surface area (Å²) in [5.74, 6) is 0. The molecule has 14 rings (SSSR count). The lowest BCUT2D eigenvalue weighted by Gasteiger charge is -2.34. The smallest absolute Gasteiger partial charge is 0.0618 e. The Morgan fingerprint density at radius 2 is 0.398 bits per heavy atom. The molecule has 14 aromatic rings. The minimum absolute atomic E-state index is 0.618. The van der Waals surface area contributed by atoms with Crippen molar-refractivity contribution in [3.8, 4) is 100 Å². The summed E-state index contributed by atoms with van der Waals surface area (Å²) in [5.41, 5.74) is 25.2. The first-order chi connectivity index (χ1) is 43.5. The molecule has 0 aliphatic rings. The molecule has 0 saturated carbocycles. The second-order valence-corrected chi connectivity index (χ2v) is 22.8. The fourth-order valence-corrected chi connectivity index (χ4v) is 12.6. The molecule has 0 aliphatic heterocycles. The lowest BCUT2D eigenvalue weighted by atomic mass is 9.90. The highest BCUT2D eigenvalue weighted by molar-refractivity contribution is 6.31. The molecule has 0 heterocycles. The summed E-state index contributed by atoms with van der Waals surface area (Å²) >= 11 is 14.5. The molecule has 0 aromatic heterocycles. The molecule has 0 amide bonds. The summed E-state index contributed by atoms with van der Waals surface area (Å²) in [6, 6.07) is 126. The van der Waals surface area contributed by atoms with E-state index in [0.717, 1.165) is 134 Å².